The van der Waals surface area contributed by atoms with Crippen LogP contribution in [0.1, 0.15) is 34.1 Å². The quantitative estimate of drug-likeness (QED) is 0.333. The van der Waals surface area contributed by atoms with Crippen molar-refractivity contribution in [3.8, 4) is 0 Å². The zero-order valence-corrected chi connectivity index (χ0v) is 20.2. The van der Waals surface area contributed by atoms with Gasteiger partial charge in [0, 0.05) is 56.3 Å². The first-order chi connectivity index (χ1) is 12.7. The Hall–Kier alpha value is -0.940. The molecule has 1 fully saturated rings. The summed E-state index contributed by atoms with van der Waals surface area (Å²) in [6.45, 7) is 8.16. The molecule has 150 valence electrons. The molecule has 0 spiro atoms. The Labute approximate surface area is 186 Å². The molecular weight excluding hydrogens is 491 g/mol. The Kier molecular flexibility index (Phi) is 9.24. The third kappa shape index (κ3) is 6.56. The van der Waals surface area contributed by atoms with Gasteiger partial charge in [-0.05, 0) is 26.7 Å². The number of aromatic nitrogens is 2. The highest BCUT2D eigenvalue weighted by atomic mass is 127. The zero-order valence-electron chi connectivity index (χ0n) is 16.2. The van der Waals surface area contributed by atoms with E-state index >= 15 is 0 Å². The van der Waals surface area contributed by atoms with E-state index in [0.29, 0.717) is 0 Å². The van der Waals surface area contributed by atoms with Crippen LogP contribution in [0.4, 0.5) is 5.13 Å². The van der Waals surface area contributed by atoms with Gasteiger partial charge in [-0.3, -0.25) is 4.99 Å². The molecule has 0 amide bonds. The van der Waals surface area contributed by atoms with Gasteiger partial charge in [0.25, 0.3) is 0 Å². The third-order valence-electron chi connectivity index (χ3n) is 4.52. The van der Waals surface area contributed by atoms with E-state index in [4.69, 9.17) is 4.98 Å². The summed E-state index contributed by atoms with van der Waals surface area (Å²) < 4.78 is 0. The summed E-state index contributed by atoms with van der Waals surface area (Å²) in [7, 11) is 1.81. The Balaban J connectivity index is 0.00000261. The number of guanidine groups is 1. The van der Waals surface area contributed by atoms with E-state index in [0.717, 1.165) is 56.4 Å². The van der Waals surface area contributed by atoms with Gasteiger partial charge in [-0.1, -0.05) is 0 Å². The lowest BCUT2D eigenvalue weighted by atomic mass is 10.3. The molecule has 2 aromatic heterocycles. The minimum Gasteiger partial charge on any atom is -0.356 e. The van der Waals surface area contributed by atoms with Crippen LogP contribution in [-0.2, 0) is 12.8 Å². The van der Waals surface area contributed by atoms with Crippen molar-refractivity contribution in [3.63, 3.8) is 0 Å². The lowest BCUT2D eigenvalue weighted by Gasteiger charge is -2.12. The normalized spacial score (nSPS) is 14.3. The van der Waals surface area contributed by atoms with Crippen molar-refractivity contribution in [2.75, 3.05) is 38.1 Å². The second-order valence-electron chi connectivity index (χ2n) is 6.49. The average Bonchev–Trinajstić information content (AvgIpc) is 3.36. The van der Waals surface area contributed by atoms with Crippen molar-refractivity contribution in [2.24, 2.45) is 4.99 Å². The SMILES string of the molecule is CN=C(NCCc1csc(N2CCCC2)n1)NCCc1nc(C)c(C)s1.I. The Morgan fingerprint density at radius 3 is 2.48 bits per heavy atom. The lowest BCUT2D eigenvalue weighted by Crippen LogP contribution is -2.39. The minimum absolute atomic E-state index is 0. The molecule has 1 aliphatic heterocycles. The van der Waals surface area contributed by atoms with Gasteiger partial charge in [-0.25, -0.2) is 9.97 Å². The molecule has 27 heavy (non-hydrogen) atoms. The van der Waals surface area contributed by atoms with Crippen LogP contribution in [0.15, 0.2) is 10.4 Å². The summed E-state index contributed by atoms with van der Waals surface area (Å²) in [5, 5.41) is 11.3. The van der Waals surface area contributed by atoms with Crippen LogP contribution in [-0.4, -0.2) is 49.2 Å². The fraction of sp³-hybridized carbons (Fsp3) is 0.611. The van der Waals surface area contributed by atoms with E-state index in [9.17, 15) is 0 Å². The second kappa shape index (κ2) is 11.2. The maximum atomic E-state index is 4.76. The van der Waals surface area contributed by atoms with Gasteiger partial charge >= 0.3 is 0 Å². The first-order valence-corrected chi connectivity index (χ1v) is 10.9. The molecule has 3 rings (SSSR count). The minimum atomic E-state index is 0. The molecular formula is C18H29IN6S2. The number of thiazole rings is 2. The number of hydrogen-bond acceptors (Lipinski definition) is 6. The van der Waals surface area contributed by atoms with E-state index in [1.54, 1.807) is 29.7 Å². The number of hydrogen-bond donors (Lipinski definition) is 2. The predicted octanol–water partition coefficient (Wildman–Crippen LogP) is 3.38. The van der Waals surface area contributed by atoms with Crippen molar-refractivity contribution in [1.29, 1.82) is 0 Å². The van der Waals surface area contributed by atoms with Crippen LogP contribution in [0, 0.1) is 13.8 Å². The van der Waals surface area contributed by atoms with Gasteiger partial charge < -0.3 is 15.5 Å². The van der Waals surface area contributed by atoms with Gasteiger partial charge in [0.2, 0.25) is 0 Å². The number of rotatable bonds is 7. The maximum Gasteiger partial charge on any atom is 0.191 e. The van der Waals surface area contributed by atoms with Crippen LogP contribution >= 0.6 is 46.7 Å². The van der Waals surface area contributed by atoms with E-state index in [1.807, 2.05) is 0 Å². The summed E-state index contributed by atoms with van der Waals surface area (Å²) in [6, 6.07) is 0. The largest absolute Gasteiger partial charge is 0.356 e. The number of halogens is 1. The first kappa shape index (κ1) is 22.4. The molecule has 2 aromatic rings. The Morgan fingerprint density at radius 2 is 1.85 bits per heavy atom. The van der Waals surface area contributed by atoms with Crippen molar-refractivity contribution in [1.82, 2.24) is 20.6 Å². The molecule has 0 aliphatic carbocycles. The van der Waals surface area contributed by atoms with Crippen LogP contribution < -0.4 is 15.5 Å². The summed E-state index contributed by atoms with van der Waals surface area (Å²) in [5.74, 6) is 0.838. The van der Waals surface area contributed by atoms with E-state index in [2.05, 4.69) is 44.7 Å². The fourth-order valence-electron chi connectivity index (χ4n) is 2.93. The van der Waals surface area contributed by atoms with Gasteiger partial charge in [-0.2, -0.15) is 0 Å². The second-order valence-corrected chi connectivity index (χ2v) is 8.61. The molecule has 9 heteroatoms. The average molecular weight is 521 g/mol. The topological polar surface area (TPSA) is 65.4 Å². The fourth-order valence-corrected chi connectivity index (χ4v) is 4.78. The van der Waals surface area contributed by atoms with E-state index in [1.165, 1.54) is 27.9 Å². The monoisotopic (exact) mass is 520 g/mol. The van der Waals surface area contributed by atoms with Crippen LogP contribution in [0.25, 0.3) is 0 Å². The molecule has 0 unspecified atom stereocenters. The number of nitrogens with zero attached hydrogens (tertiary/aromatic N) is 4. The molecule has 0 radical (unpaired) electrons. The maximum absolute atomic E-state index is 4.76. The summed E-state index contributed by atoms with van der Waals surface area (Å²) in [6.07, 6.45) is 4.42. The predicted molar refractivity (Wildman–Crippen MR) is 127 cm³/mol. The number of anilines is 1. The molecule has 0 bridgehead atoms. The van der Waals surface area contributed by atoms with Crippen LogP contribution in [0.5, 0.6) is 0 Å². The smallest absolute Gasteiger partial charge is 0.191 e. The number of nitrogens with one attached hydrogen (secondary N) is 2. The van der Waals surface area contributed by atoms with Crippen molar-refractivity contribution < 1.29 is 0 Å². The standard InChI is InChI=1S/C18H28N6S2.HI/c1-13-14(2)26-16(22-13)7-9-21-17(19-3)20-8-6-15-12-25-18(23-15)24-10-4-5-11-24;/h12H,4-11H2,1-3H3,(H2,19,20,21);1H. The number of aryl methyl sites for hydroxylation is 2. The van der Waals surface area contributed by atoms with Gasteiger partial charge in [-0.15, -0.1) is 46.7 Å². The van der Waals surface area contributed by atoms with Crippen LogP contribution in [0.2, 0.25) is 0 Å². The van der Waals surface area contributed by atoms with Crippen molar-refractivity contribution in [3.05, 3.63) is 26.7 Å². The van der Waals surface area contributed by atoms with Gasteiger partial charge in [0.05, 0.1) is 16.4 Å². The molecule has 0 atom stereocenters. The summed E-state index contributed by atoms with van der Waals surface area (Å²) >= 11 is 3.54. The van der Waals surface area contributed by atoms with Gasteiger partial charge in [0.1, 0.15) is 0 Å². The summed E-state index contributed by atoms with van der Waals surface area (Å²) in [4.78, 5) is 17.3. The molecule has 1 aliphatic rings. The third-order valence-corrected chi connectivity index (χ3v) is 6.60. The van der Waals surface area contributed by atoms with Crippen molar-refractivity contribution >= 4 is 57.7 Å². The summed E-state index contributed by atoms with van der Waals surface area (Å²) in [5.41, 5.74) is 2.30. The van der Waals surface area contributed by atoms with Crippen LogP contribution in [0.3, 0.4) is 0 Å². The molecule has 6 nitrogen and oxygen atoms in total. The number of aliphatic imine (C=N–C) groups is 1. The van der Waals surface area contributed by atoms with E-state index < -0.39 is 0 Å². The van der Waals surface area contributed by atoms with E-state index in [-0.39, 0.29) is 24.0 Å². The zero-order chi connectivity index (χ0) is 18.4. The Morgan fingerprint density at radius 1 is 1.15 bits per heavy atom. The molecule has 1 saturated heterocycles. The van der Waals surface area contributed by atoms with Gasteiger partial charge in [0.15, 0.2) is 11.1 Å². The highest BCUT2D eigenvalue weighted by molar-refractivity contribution is 14.0. The molecule has 0 saturated carbocycles. The highest BCUT2D eigenvalue weighted by Gasteiger charge is 2.15. The Bertz CT molecular complexity index is 717. The van der Waals surface area contributed by atoms with Crippen molar-refractivity contribution in [2.45, 2.75) is 39.5 Å². The molecule has 2 N–H and O–H groups in total. The molecule has 0 aromatic carbocycles. The highest BCUT2D eigenvalue weighted by Crippen LogP contribution is 2.24. The molecule has 3 heterocycles. The first-order valence-electron chi connectivity index (χ1n) is 9.22. The lowest BCUT2D eigenvalue weighted by molar-refractivity contribution is 0.775.